The number of para-hydroxylation sites is 1. The summed E-state index contributed by atoms with van der Waals surface area (Å²) >= 11 is 0. The van der Waals surface area contributed by atoms with Crippen LogP contribution in [0.2, 0.25) is 0 Å². The maximum Gasteiger partial charge on any atom is 0.269 e. The summed E-state index contributed by atoms with van der Waals surface area (Å²) in [6, 6.07) is 15.8. The SMILES string of the molecule is Cl.O=[N+]([O-])c1ccc(OCCNCCCOc2ccccc2)cc1. The zero-order chi connectivity index (χ0) is 16.3. The second kappa shape index (κ2) is 11.3. The quantitative estimate of drug-likeness (QED) is 0.402. The van der Waals surface area contributed by atoms with Crippen LogP contribution in [0.15, 0.2) is 54.6 Å². The first-order valence-electron chi connectivity index (χ1n) is 7.51. The van der Waals surface area contributed by atoms with Crippen LogP contribution in [-0.4, -0.2) is 31.2 Å². The molecule has 0 bridgehead atoms. The van der Waals surface area contributed by atoms with Crippen LogP contribution in [0.3, 0.4) is 0 Å². The lowest BCUT2D eigenvalue weighted by molar-refractivity contribution is -0.384. The van der Waals surface area contributed by atoms with Crippen molar-refractivity contribution in [1.29, 1.82) is 0 Å². The highest BCUT2D eigenvalue weighted by molar-refractivity contribution is 5.85. The normalized spacial score (nSPS) is 9.83. The molecule has 0 aromatic heterocycles. The van der Waals surface area contributed by atoms with Crippen LogP contribution < -0.4 is 14.8 Å². The van der Waals surface area contributed by atoms with Crippen LogP contribution in [0, 0.1) is 10.1 Å². The van der Waals surface area contributed by atoms with Crippen LogP contribution in [0.25, 0.3) is 0 Å². The summed E-state index contributed by atoms with van der Waals surface area (Å²) in [5.74, 6) is 1.51. The summed E-state index contributed by atoms with van der Waals surface area (Å²) in [4.78, 5) is 10.1. The first-order chi connectivity index (χ1) is 11.3. The summed E-state index contributed by atoms with van der Waals surface area (Å²) in [5, 5.41) is 13.8. The van der Waals surface area contributed by atoms with Crippen molar-refractivity contribution in [3.8, 4) is 11.5 Å². The predicted octanol–water partition coefficient (Wildman–Crippen LogP) is 3.45. The number of hydrogen-bond donors (Lipinski definition) is 1. The number of nitro benzene ring substituents is 1. The molecule has 2 aromatic rings. The average molecular weight is 353 g/mol. The Labute approximate surface area is 147 Å². The smallest absolute Gasteiger partial charge is 0.269 e. The molecule has 0 radical (unpaired) electrons. The maximum absolute atomic E-state index is 10.5. The zero-order valence-corrected chi connectivity index (χ0v) is 14.0. The predicted molar refractivity (Wildman–Crippen MR) is 95.3 cm³/mol. The van der Waals surface area contributed by atoms with E-state index in [2.05, 4.69) is 5.32 Å². The standard InChI is InChI=1S/C17H20N2O4.ClH/c20-19(21)15-7-9-17(10-8-15)23-14-12-18-11-4-13-22-16-5-2-1-3-6-16;/h1-3,5-10,18H,4,11-14H2;1H. The molecule has 130 valence electrons. The second-order valence-corrected chi connectivity index (χ2v) is 4.86. The fourth-order valence-electron chi connectivity index (χ4n) is 1.93. The summed E-state index contributed by atoms with van der Waals surface area (Å²) in [6.45, 7) is 2.73. The molecule has 0 atom stereocenters. The number of hydrogen-bond acceptors (Lipinski definition) is 5. The molecule has 0 aliphatic rings. The fraction of sp³-hybridized carbons (Fsp3) is 0.294. The van der Waals surface area contributed by atoms with E-state index in [1.807, 2.05) is 30.3 Å². The summed E-state index contributed by atoms with van der Waals surface area (Å²) < 4.78 is 11.1. The first kappa shape index (κ1) is 19.7. The van der Waals surface area contributed by atoms with E-state index in [-0.39, 0.29) is 18.1 Å². The number of rotatable bonds is 10. The van der Waals surface area contributed by atoms with Crippen molar-refractivity contribution < 1.29 is 14.4 Å². The topological polar surface area (TPSA) is 73.6 Å². The van der Waals surface area contributed by atoms with Crippen molar-refractivity contribution in [3.05, 3.63) is 64.7 Å². The molecule has 6 nitrogen and oxygen atoms in total. The Hall–Kier alpha value is -2.31. The molecule has 0 fully saturated rings. The Kier molecular flexibility index (Phi) is 9.26. The molecule has 24 heavy (non-hydrogen) atoms. The highest BCUT2D eigenvalue weighted by Gasteiger charge is 2.03. The number of nitrogens with one attached hydrogen (secondary N) is 1. The first-order valence-corrected chi connectivity index (χ1v) is 7.51. The van der Waals surface area contributed by atoms with E-state index in [0.29, 0.717) is 25.5 Å². The van der Waals surface area contributed by atoms with E-state index < -0.39 is 4.92 Å². The van der Waals surface area contributed by atoms with Gasteiger partial charge in [0.2, 0.25) is 0 Å². The van der Waals surface area contributed by atoms with Crippen LogP contribution in [0.5, 0.6) is 11.5 Å². The van der Waals surface area contributed by atoms with Gasteiger partial charge in [-0.05, 0) is 37.2 Å². The maximum atomic E-state index is 10.5. The van der Waals surface area contributed by atoms with Gasteiger partial charge in [-0.25, -0.2) is 0 Å². The van der Waals surface area contributed by atoms with Gasteiger partial charge in [0.15, 0.2) is 0 Å². The zero-order valence-electron chi connectivity index (χ0n) is 13.2. The molecule has 0 saturated carbocycles. The van der Waals surface area contributed by atoms with Crippen LogP contribution in [0.4, 0.5) is 5.69 Å². The lowest BCUT2D eigenvalue weighted by Crippen LogP contribution is -2.23. The van der Waals surface area contributed by atoms with Gasteiger partial charge in [0.1, 0.15) is 18.1 Å². The van der Waals surface area contributed by atoms with Crippen molar-refractivity contribution >= 4 is 18.1 Å². The van der Waals surface area contributed by atoms with Crippen molar-refractivity contribution in [2.24, 2.45) is 0 Å². The number of ether oxygens (including phenoxy) is 2. The van der Waals surface area contributed by atoms with Gasteiger partial charge in [0.25, 0.3) is 5.69 Å². The minimum atomic E-state index is -0.428. The average Bonchev–Trinajstić information content (AvgIpc) is 2.58. The monoisotopic (exact) mass is 352 g/mol. The van der Waals surface area contributed by atoms with Gasteiger partial charge in [-0.3, -0.25) is 10.1 Å². The van der Waals surface area contributed by atoms with Crippen molar-refractivity contribution in [1.82, 2.24) is 5.32 Å². The van der Waals surface area contributed by atoms with E-state index in [9.17, 15) is 10.1 Å². The molecule has 2 aromatic carbocycles. The Morgan fingerprint density at radius 1 is 0.875 bits per heavy atom. The molecular formula is C17H21ClN2O4. The molecule has 1 N–H and O–H groups in total. The third-order valence-electron chi connectivity index (χ3n) is 3.10. The van der Waals surface area contributed by atoms with Gasteiger partial charge in [0.05, 0.1) is 11.5 Å². The number of non-ortho nitro benzene ring substituents is 1. The van der Waals surface area contributed by atoms with Crippen LogP contribution in [-0.2, 0) is 0 Å². The Morgan fingerprint density at radius 2 is 1.50 bits per heavy atom. The van der Waals surface area contributed by atoms with Gasteiger partial charge in [-0.1, -0.05) is 18.2 Å². The molecule has 0 saturated heterocycles. The molecule has 0 amide bonds. The second-order valence-electron chi connectivity index (χ2n) is 4.86. The molecule has 7 heteroatoms. The van der Waals surface area contributed by atoms with Crippen LogP contribution in [0.1, 0.15) is 6.42 Å². The molecule has 0 spiro atoms. The minimum absolute atomic E-state index is 0. The highest BCUT2D eigenvalue weighted by Crippen LogP contribution is 2.16. The lowest BCUT2D eigenvalue weighted by atomic mass is 10.3. The van der Waals surface area contributed by atoms with Gasteiger partial charge >= 0.3 is 0 Å². The van der Waals surface area contributed by atoms with E-state index in [4.69, 9.17) is 9.47 Å². The largest absolute Gasteiger partial charge is 0.494 e. The fourth-order valence-corrected chi connectivity index (χ4v) is 1.93. The van der Waals surface area contributed by atoms with Gasteiger partial charge < -0.3 is 14.8 Å². The number of benzene rings is 2. The molecule has 2 rings (SSSR count). The minimum Gasteiger partial charge on any atom is -0.494 e. The number of nitro groups is 1. The molecule has 0 aliphatic carbocycles. The van der Waals surface area contributed by atoms with E-state index >= 15 is 0 Å². The third kappa shape index (κ3) is 7.30. The number of nitrogens with zero attached hydrogens (tertiary/aromatic N) is 1. The van der Waals surface area contributed by atoms with Crippen molar-refractivity contribution in [2.75, 3.05) is 26.3 Å². The van der Waals surface area contributed by atoms with Gasteiger partial charge in [-0.15, -0.1) is 12.4 Å². The Balaban J connectivity index is 0.00000288. The third-order valence-corrected chi connectivity index (χ3v) is 3.10. The summed E-state index contributed by atoms with van der Waals surface area (Å²) in [7, 11) is 0. The highest BCUT2D eigenvalue weighted by atomic mass is 35.5. The Morgan fingerprint density at radius 3 is 2.17 bits per heavy atom. The van der Waals surface area contributed by atoms with E-state index in [0.717, 1.165) is 18.7 Å². The molecule has 0 unspecified atom stereocenters. The summed E-state index contributed by atoms with van der Waals surface area (Å²) in [5.41, 5.74) is 0.0638. The Bertz CT molecular complexity index is 593. The van der Waals surface area contributed by atoms with E-state index in [1.54, 1.807) is 12.1 Å². The van der Waals surface area contributed by atoms with Crippen LogP contribution >= 0.6 is 12.4 Å². The molecular weight excluding hydrogens is 332 g/mol. The number of halogens is 1. The summed E-state index contributed by atoms with van der Waals surface area (Å²) in [6.07, 6.45) is 0.909. The molecule has 0 aliphatic heterocycles. The van der Waals surface area contributed by atoms with Crippen molar-refractivity contribution in [2.45, 2.75) is 6.42 Å². The molecule has 0 heterocycles. The van der Waals surface area contributed by atoms with Gasteiger partial charge in [0, 0.05) is 18.7 Å². The van der Waals surface area contributed by atoms with Gasteiger partial charge in [-0.2, -0.15) is 0 Å². The van der Waals surface area contributed by atoms with E-state index in [1.165, 1.54) is 12.1 Å². The van der Waals surface area contributed by atoms with Crippen molar-refractivity contribution in [3.63, 3.8) is 0 Å². The lowest BCUT2D eigenvalue weighted by Gasteiger charge is -2.08.